The lowest BCUT2D eigenvalue weighted by Crippen LogP contribution is -2.42. The number of aryl methyl sites for hydroxylation is 1. The third kappa shape index (κ3) is 7.09. The summed E-state index contributed by atoms with van der Waals surface area (Å²) in [6.45, 7) is 21.9. The van der Waals surface area contributed by atoms with E-state index in [2.05, 4.69) is 238 Å². The molecule has 2 nitrogen and oxygen atoms in total. The Morgan fingerprint density at radius 1 is 0.455 bits per heavy atom. The van der Waals surface area contributed by atoms with Gasteiger partial charge in [-0.15, -0.1) is 0 Å². The Morgan fingerprint density at radius 2 is 0.970 bits per heavy atom. The Labute approximate surface area is 394 Å². The number of anilines is 5. The van der Waals surface area contributed by atoms with Crippen molar-refractivity contribution < 1.29 is 0 Å². The summed E-state index contributed by atoms with van der Waals surface area (Å²) in [6.07, 6.45) is 4.66. The van der Waals surface area contributed by atoms with Crippen molar-refractivity contribution in [1.82, 2.24) is 0 Å². The standard InChI is InChI=1S/C63H62BN2/c1-40-34-50-53(63(8,9)33-30-60(50,2)3)39-56(40)66-57-36-44(42-20-14-11-15-21-42)26-29-54(57)64-58-49(35-45-22-16-17-23-47(45)59(58)66)48-37-51-52(62(6,7)32-31-61(51,4)5)38-55(48)65-46-27-24-43(25-28-46)41-18-12-10-13-19-41/h10-29,34-39,65H,30-33H2,1-9H3. The van der Waals surface area contributed by atoms with Crippen molar-refractivity contribution in [2.45, 2.75) is 110 Å². The molecule has 8 aromatic carbocycles. The molecule has 0 bridgehead atoms. The average molecular weight is 858 g/mol. The molecule has 0 unspecified atom stereocenters. The first-order valence-electron chi connectivity index (χ1n) is 24.3. The van der Waals surface area contributed by atoms with Crippen LogP contribution in [0, 0.1) is 6.92 Å². The van der Waals surface area contributed by atoms with E-state index in [-0.39, 0.29) is 21.7 Å². The molecule has 1 N–H and O–H groups in total. The van der Waals surface area contributed by atoms with Gasteiger partial charge in [0, 0.05) is 39.4 Å². The zero-order chi connectivity index (χ0) is 45.8. The number of fused-ring (bicyclic) bond motifs is 6. The van der Waals surface area contributed by atoms with E-state index >= 15 is 0 Å². The van der Waals surface area contributed by atoms with Gasteiger partial charge in [-0.25, -0.2) is 0 Å². The van der Waals surface area contributed by atoms with E-state index in [1.165, 1.54) is 106 Å². The van der Waals surface area contributed by atoms with Crippen LogP contribution in [0.15, 0.2) is 158 Å². The molecular formula is C63H62BN2. The van der Waals surface area contributed by atoms with Crippen molar-refractivity contribution in [3.63, 3.8) is 0 Å². The van der Waals surface area contributed by atoms with Crippen LogP contribution in [0.3, 0.4) is 0 Å². The Balaban J connectivity index is 1.19. The van der Waals surface area contributed by atoms with Gasteiger partial charge in [0.05, 0.1) is 0 Å². The fourth-order valence-electron chi connectivity index (χ4n) is 11.6. The minimum Gasteiger partial charge on any atom is -0.355 e. The SMILES string of the molecule is Cc1cc2c(cc1N1c3cc(-c4ccccc4)ccc3[B]c3c(-c4cc5c(cc4Nc4ccc(-c6ccccc6)cc4)C(C)(C)CCC5(C)C)cc4ccccc4c31)C(C)(C)CCC2(C)C. The maximum Gasteiger partial charge on any atom is 0.197 e. The highest BCUT2D eigenvalue weighted by Crippen LogP contribution is 2.53. The van der Waals surface area contributed by atoms with E-state index in [1.54, 1.807) is 0 Å². The molecule has 0 aromatic heterocycles. The minimum atomic E-state index is 0.0311. The van der Waals surface area contributed by atoms with Crippen LogP contribution in [0.1, 0.15) is 109 Å². The van der Waals surface area contributed by atoms with Crippen LogP contribution in [-0.2, 0) is 21.7 Å². The van der Waals surface area contributed by atoms with Crippen LogP contribution in [-0.4, -0.2) is 7.28 Å². The Morgan fingerprint density at radius 3 is 1.61 bits per heavy atom. The Hall–Kier alpha value is -6.32. The lowest BCUT2D eigenvalue weighted by atomic mass is 9.57. The van der Waals surface area contributed by atoms with E-state index < -0.39 is 0 Å². The van der Waals surface area contributed by atoms with Crippen molar-refractivity contribution in [3.8, 4) is 33.4 Å². The second kappa shape index (κ2) is 15.4. The molecule has 11 rings (SSSR count). The Bertz CT molecular complexity index is 3190. The topological polar surface area (TPSA) is 15.3 Å². The van der Waals surface area contributed by atoms with Crippen LogP contribution >= 0.6 is 0 Å². The molecule has 0 spiro atoms. The molecule has 66 heavy (non-hydrogen) atoms. The number of hydrogen-bond acceptors (Lipinski definition) is 2. The molecule has 1 aliphatic heterocycles. The predicted molar refractivity (Wildman–Crippen MR) is 285 cm³/mol. The van der Waals surface area contributed by atoms with Gasteiger partial charge in [0.1, 0.15) is 0 Å². The van der Waals surface area contributed by atoms with Gasteiger partial charge in [-0.1, -0.05) is 176 Å². The molecule has 0 atom stereocenters. The molecule has 0 saturated carbocycles. The van der Waals surface area contributed by atoms with Crippen LogP contribution < -0.4 is 21.1 Å². The van der Waals surface area contributed by atoms with Gasteiger partial charge in [0.25, 0.3) is 0 Å². The predicted octanol–water partition coefficient (Wildman–Crippen LogP) is 16.0. The Kier molecular flexibility index (Phi) is 9.86. The highest BCUT2D eigenvalue weighted by atomic mass is 15.2. The maximum atomic E-state index is 4.04. The molecule has 1 heterocycles. The second-order valence-corrected chi connectivity index (χ2v) is 22.3. The van der Waals surface area contributed by atoms with Gasteiger partial charge in [-0.3, -0.25) is 0 Å². The summed E-state index contributed by atoms with van der Waals surface area (Å²) in [5, 5.41) is 6.53. The molecule has 0 fully saturated rings. The van der Waals surface area contributed by atoms with E-state index in [9.17, 15) is 0 Å². The van der Waals surface area contributed by atoms with E-state index in [1.807, 2.05) is 0 Å². The molecule has 2 aliphatic carbocycles. The van der Waals surface area contributed by atoms with Crippen LogP contribution in [0.25, 0.3) is 44.2 Å². The molecule has 1 radical (unpaired) electrons. The van der Waals surface area contributed by atoms with Gasteiger partial charge in [-0.2, -0.15) is 0 Å². The lowest BCUT2D eigenvalue weighted by Gasteiger charge is -2.44. The third-order valence-corrected chi connectivity index (χ3v) is 15.9. The second-order valence-electron chi connectivity index (χ2n) is 22.3. The molecule has 0 amide bonds. The maximum absolute atomic E-state index is 4.04. The zero-order valence-corrected chi connectivity index (χ0v) is 40.4. The summed E-state index contributed by atoms with van der Waals surface area (Å²) in [5.41, 5.74) is 23.2. The minimum absolute atomic E-state index is 0.0311. The first-order valence-corrected chi connectivity index (χ1v) is 24.3. The van der Waals surface area contributed by atoms with Gasteiger partial charge < -0.3 is 10.2 Å². The van der Waals surface area contributed by atoms with Gasteiger partial charge in [0.2, 0.25) is 0 Å². The van der Waals surface area contributed by atoms with Gasteiger partial charge in [-0.05, 0) is 163 Å². The summed E-state index contributed by atoms with van der Waals surface area (Å²) in [7, 11) is 2.49. The number of rotatable bonds is 6. The summed E-state index contributed by atoms with van der Waals surface area (Å²) >= 11 is 0. The number of nitrogens with one attached hydrogen (secondary N) is 1. The summed E-state index contributed by atoms with van der Waals surface area (Å²) < 4.78 is 0. The summed E-state index contributed by atoms with van der Waals surface area (Å²) in [4.78, 5) is 2.65. The monoisotopic (exact) mass is 858 g/mol. The highest BCUT2D eigenvalue weighted by Gasteiger charge is 2.41. The molecule has 3 aliphatic rings. The lowest BCUT2D eigenvalue weighted by molar-refractivity contribution is 0.332. The van der Waals surface area contributed by atoms with E-state index in [0.29, 0.717) is 0 Å². The fourth-order valence-corrected chi connectivity index (χ4v) is 11.6. The summed E-state index contributed by atoms with van der Waals surface area (Å²) in [5.74, 6) is 0. The van der Waals surface area contributed by atoms with Crippen LogP contribution in [0.2, 0.25) is 0 Å². The van der Waals surface area contributed by atoms with Crippen LogP contribution in [0.5, 0.6) is 0 Å². The highest BCUT2D eigenvalue weighted by molar-refractivity contribution is 6.74. The number of hydrogen-bond donors (Lipinski definition) is 1. The third-order valence-electron chi connectivity index (χ3n) is 15.9. The first kappa shape index (κ1) is 42.3. The largest absolute Gasteiger partial charge is 0.355 e. The zero-order valence-electron chi connectivity index (χ0n) is 40.4. The van der Waals surface area contributed by atoms with Crippen molar-refractivity contribution in [3.05, 3.63) is 186 Å². The molecule has 0 saturated heterocycles. The van der Waals surface area contributed by atoms with Gasteiger partial charge in [0.15, 0.2) is 7.28 Å². The van der Waals surface area contributed by atoms with Crippen LogP contribution in [0.4, 0.5) is 28.4 Å². The normalized spacial score (nSPS) is 17.2. The molecule has 8 aromatic rings. The molecule has 327 valence electrons. The number of nitrogens with zero attached hydrogens (tertiary/aromatic N) is 1. The van der Waals surface area contributed by atoms with E-state index in [4.69, 9.17) is 0 Å². The first-order chi connectivity index (χ1) is 31.6. The van der Waals surface area contributed by atoms with Crippen molar-refractivity contribution in [1.29, 1.82) is 0 Å². The smallest absolute Gasteiger partial charge is 0.197 e. The molecule has 3 heteroatoms. The number of benzene rings is 8. The van der Waals surface area contributed by atoms with Crippen molar-refractivity contribution in [2.75, 3.05) is 10.2 Å². The van der Waals surface area contributed by atoms with Crippen molar-refractivity contribution in [2.24, 2.45) is 0 Å². The summed E-state index contributed by atoms with van der Waals surface area (Å²) in [6, 6.07) is 59.4. The van der Waals surface area contributed by atoms with E-state index in [0.717, 1.165) is 30.6 Å². The van der Waals surface area contributed by atoms with Crippen molar-refractivity contribution >= 4 is 57.4 Å². The van der Waals surface area contributed by atoms with Gasteiger partial charge >= 0.3 is 0 Å². The quantitative estimate of drug-likeness (QED) is 0.168. The molecular weight excluding hydrogens is 796 g/mol. The fraction of sp³-hybridized carbons (Fsp3) is 0.270. The average Bonchev–Trinajstić information content (AvgIpc) is 3.31.